The van der Waals surface area contributed by atoms with Crippen LogP contribution in [0, 0.1) is 12.7 Å². The van der Waals surface area contributed by atoms with E-state index in [-0.39, 0.29) is 37.1 Å². The molecular weight excluding hydrogens is 372 g/mol. The molecule has 0 aliphatic carbocycles. The first kappa shape index (κ1) is 20.6. The van der Waals surface area contributed by atoms with Crippen LogP contribution in [-0.4, -0.2) is 36.4 Å². The molecule has 0 fully saturated rings. The Bertz CT molecular complexity index is 980. The predicted molar refractivity (Wildman–Crippen MR) is 111 cm³/mol. The molecular formula is C21H23BFN3O3. The Kier molecular flexibility index (Phi) is 6.01. The van der Waals surface area contributed by atoms with Gasteiger partial charge in [-0.1, -0.05) is 31.2 Å². The van der Waals surface area contributed by atoms with Gasteiger partial charge in [0.25, 0.3) is 5.91 Å². The molecule has 2 aromatic rings. The molecule has 1 unspecified atom stereocenters. The van der Waals surface area contributed by atoms with Gasteiger partial charge in [-0.3, -0.25) is 19.7 Å². The number of imide groups is 1. The van der Waals surface area contributed by atoms with E-state index in [1.54, 1.807) is 52.0 Å². The lowest BCUT2D eigenvalue weighted by atomic mass is 9.93. The predicted octanol–water partition coefficient (Wildman–Crippen LogP) is 1.71. The van der Waals surface area contributed by atoms with Gasteiger partial charge in [-0.25, -0.2) is 4.39 Å². The molecule has 0 radical (unpaired) electrons. The summed E-state index contributed by atoms with van der Waals surface area (Å²) in [4.78, 5) is 38.0. The van der Waals surface area contributed by atoms with Crippen molar-refractivity contribution < 1.29 is 18.8 Å². The van der Waals surface area contributed by atoms with Crippen LogP contribution in [0.3, 0.4) is 0 Å². The number of halogens is 1. The average molecular weight is 395 g/mol. The number of nitrogens with zero attached hydrogens (tertiary/aromatic N) is 1. The molecule has 1 aliphatic rings. The Morgan fingerprint density at radius 1 is 1.24 bits per heavy atom. The number of fused-ring (bicyclic) bond motifs is 1. The number of carbonyl (C=O) groups is 3. The SMILES string of the molecule is BC(C(=O)NC(=O)CC)N1Cc2c(NCc3cccc(C)c3F)cccc2C1=O. The lowest BCUT2D eigenvalue weighted by Crippen LogP contribution is -2.49. The van der Waals surface area contributed by atoms with Gasteiger partial charge < -0.3 is 10.2 Å². The van der Waals surface area contributed by atoms with E-state index in [9.17, 15) is 18.8 Å². The van der Waals surface area contributed by atoms with E-state index in [1.807, 2.05) is 6.07 Å². The van der Waals surface area contributed by atoms with Gasteiger partial charge in [0.1, 0.15) is 13.7 Å². The lowest BCUT2D eigenvalue weighted by molar-refractivity contribution is -0.131. The van der Waals surface area contributed by atoms with Crippen molar-refractivity contribution in [3.63, 3.8) is 0 Å². The van der Waals surface area contributed by atoms with Crippen LogP contribution in [0.25, 0.3) is 0 Å². The highest BCUT2D eigenvalue weighted by Crippen LogP contribution is 2.30. The summed E-state index contributed by atoms with van der Waals surface area (Å²) in [5, 5.41) is 5.50. The van der Waals surface area contributed by atoms with Gasteiger partial charge in [-0.15, -0.1) is 0 Å². The Labute approximate surface area is 169 Å². The Balaban J connectivity index is 1.77. The third-order valence-corrected chi connectivity index (χ3v) is 5.17. The fraction of sp³-hybridized carbons (Fsp3) is 0.286. The first-order valence-electron chi connectivity index (χ1n) is 9.57. The topological polar surface area (TPSA) is 78.5 Å². The number of hydrogen-bond acceptors (Lipinski definition) is 4. The number of hydrogen-bond donors (Lipinski definition) is 2. The summed E-state index contributed by atoms with van der Waals surface area (Å²) in [5.41, 5.74) is 3.09. The number of amides is 3. The second-order valence-corrected chi connectivity index (χ2v) is 7.11. The highest BCUT2D eigenvalue weighted by Gasteiger charge is 2.35. The van der Waals surface area contributed by atoms with Gasteiger partial charge in [0.2, 0.25) is 11.8 Å². The summed E-state index contributed by atoms with van der Waals surface area (Å²) in [6.07, 6.45) is 0.191. The molecule has 0 spiro atoms. The lowest BCUT2D eigenvalue weighted by Gasteiger charge is -2.23. The van der Waals surface area contributed by atoms with Crippen LogP contribution in [0.2, 0.25) is 0 Å². The minimum atomic E-state index is -0.785. The fourth-order valence-corrected chi connectivity index (χ4v) is 3.34. The Morgan fingerprint density at radius 3 is 2.69 bits per heavy atom. The maximum Gasteiger partial charge on any atom is 0.254 e. The van der Waals surface area contributed by atoms with Crippen LogP contribution >= 0.6 is 0 Å². The van der Waals surface area contributed by atoms with Crippen molar-refractivity contribution in [3.8, 4) is 0 Å². The molecule has 0 saturated carbocycles. The molecule has 2 N–H and O–H groups in total. The zero-order valence-electron chi connectivity index (χ0n) is 16.7. The molecule has 0 bridgehead atoms. The number of benzene rings is 2. The third-order valence-electron chi connectivity index (χ3n) is 5.17. The van der Waals surface area contributed by atoms with E-state index < -0.39 is 11.8 Å². The number of aryl methyl sites for hydroxylation is 1. The molecule has 1 heterocycles. The van der Waals surface area contributed by atoms with Crippen LogP contribution in [0.5, 0.6) is 0 Å². The standard InChI is InChI=1S/C21H23BFN3O3/c1-3-17(27)25-20(28)19(22)26-11-15-14(21(26)29)8-5-9-16(15)24-10-13-7-4-6-12(2)18(13)23/h4-9,19,24H,3,10-11,22H2,1-2H3,(H,25,27,28). The molecule has 6 nitrogen and oxygen atoms in total. The van der Waals surface area contributed by atoms with E-state index in [2.05, 4.69) is 10.6 Å². The molecule has 8 heteroatoms. The summed E-state index contributed by atoms with van der Waals surface area (Å²) in [6.45, 7) is 3.88. The molecule has 2 aromatic carbocycles. The smallest absolute Gasteiger partial charge is 0.254 e. The van der Waals surface area contributed by atoms with Crippen molar-refractivity contribution in [3.05, 3.63) is 64.5 Å². The number of carbonyl (C=O) groups excluding carboxylic acids is 3. The van der Waals surface area contributed by atoms with Crippen molar-refractivity contribution in [2.75, 3.05) is 5.32 Å². The van der Waals surface area contributed by atoms with Gasteiger partial charge in [0, 0.05) is 41.9 Å². The first-order valence-corrected chi connectivity index (χ1v) is 9.57. The van der Waals surface area contributed by atoms with E-state index in [0.717, 1.165) is 11.3 Å². The minimum absolute atomic E-state index is 0.191. The van der Waals surface area contributed by atoms with Crippen molar-refractivity contribution in [1.82, 2.24) is 10.2 Å². The van der Waals surface area contributed by atoms with Crippen molar-refractivity contribution in [2.24, 2.45) is 0 Å². The van der Waals surface area contributed by atoms with Crippen molar-refractivity contribution in [2.45, 2.75) is 39.3 Å². The summed E-state index contributed by atoms with van der Waals surface area (Å²) < 4.78 is 14.3. The van der Waals surface area contributed by atoms with Crippen LogP contribution < -0.4 is 10.6 Å². The summed E-state index contributed by atoms with van der Waals surface area (Å²) in [7, 11) is 1.59. The molecule has 3 amide bonds. The molecule has 1 atom stereocenters. The van der Waals surface area contributed by atoms with E-state index in [0.29, 0.717) is 16.7 Å². The fourth-order valence-electron chi connectivity index (χ4n) is 3.34. The largest absolute Gasteiger partial charge is 0.381 e. The van der Waals surface area contributed by atoms with Crippen molar-refractivity contribution >= 4 is 31.3 Å². The minimum Gasteiger partial charge on any atom is -0.381 e. The van der Waals surface area contributed by atoms with Gasteiger partial charge in [0.15, 0.2) is 0 Å². The Hall–Kier alpha value is -3.16. The van der Waals surface area contributed by atoms with E-state index >= 15 is 0 Å². The highest BCUT2D eigenvalue weighted by molar-refractivity contribution is 6.27. The van der Waals surface area contributed by atoms with Gasteiger partial charge in [0.05, 0.1) is 5.94 Å². The second kappa shape index (κ2) is 8.47. The average Bonchev–Trinajstić information content (AvgIpc) is 3.05. The summed E-state index contributed by atoms with van der Waals surface area (Å²) in [6, 6.07) is 10.5. The number of rotatable bonds is 6. The molecule has 3 rings (SSSR count). The van der Waals surface area contributed by atoms with Crippen LogP contribution in [0.1, 0.15) is 40.4 Å². The van der Waals surface area contributed by atoms with Gasteiger partial charge >= 0.3 is 0 Å². The molecule has 0 aromatic heterocycles. The highest BCUT2D eigenvalue weighted by atomic mass is 19.1. The van der Waals surface area contributed by atoms with E-state index in [1.165, 1.54) is 4.90 Å². The summed E-state index contributed by atoms with van der Waals surface area (Å²) in [5.74, 6) is -2.19. The molecule has 29 heavy (non-hydrogen) atoms. The maximum atomic E-state index is 14.3. The number of nitrogens with one attached hydrogen (secondary N) is 2. The van der Waals surface area contributed by atoms with E-state index in [4.69, 9.17) is 0 Å². The van der Waals surface area contributed by atoms with Gasteiger partial charge in [-0.05, 0) is 24.6 Å². The quantitative estimate of drug-likeness (QED) is 0.731. The van der Waals surface area contributed by atoms with Crippen LogP contribution in [0.4, 0.5) is 10.1 Å². The maximum absolute atomic E-state index is 14.3. The normalized spacial score (nSPS) is 13.8. The zero-order chi connectivity index (χ0) is 21.1. The molecule has 150 valence electrons. The monoisotopic (exact) mass is 395 g/mol. The summed E-state index contributed by atoms with van der Waals surface area (Å²) >= 11 is 0. The van der Waals surface area contributed by atoms with Crippen molar-refractivity contribution in [1.29, 1.82) is 0 Å². The zero-order valence-corrected chi connectivity index (χ0v) is 16.7. The number of anilines is 1. The first-order chi connectivity index (χ1) is 13.8. The third kappa shape index (κ3) is 4.16. The Morgan fingerprint density at radius 2 is 1.97 bits per heavy atom. The second-order valence-electron chi connectivity index (χ2n) is 7.11. The molecule has 0 saturated heterocycles. The van der Waals surface area contributed by atoms with Gasteiger partial charge in [-0.2, -0.15) is 0 Å². The van der Waals surface area contributed by atoms with Crippen LogP contribution in [-0.2, 0) is 22.7 Å². The van der Waals surface area contributed by atoms with Crippen LogP contribution in [0.15, 0.2) is 36.4 Å². The molecule has 1 aliphatic heterocycles.